The van der Waals surface area contributed by atoms with Crippen LogP contribution in [0.25, 0.3) is 0 Å². The molecule has 2 rings (SSSR count). The van der Waals surface area contributed by atoms with Gasteiger partial charge in [-0.1, -0.05) is 18.6 Å². The van der Waals surface area contributed by atoms with Gasteiger partial charge in [-0.2, -0.15) is 0 Å². The fraction of sp³-hybridized carbons (Fsp3) is 0.812. The van der Waals surface area contributed by atoms with E-state index < -0.39 is 0 Å². The molecule has 114 valence electrons. The number of piperidine rings is 1. The van der Waals surface area contributed by atoms with Crippen molar-refractivity contribution in [1.29, 1.82) is 0 Å². The lowest BCUT2D eigenvalue weighted by atomic mass is 9.95. The van der Waals surface area contributed by atoms with Gasteiger partial charge in [0.15, 0.2) is 0 Å². The van der Waals surface area contributed by atoms with Gasteiger partial charge in [0.25, 0.3) is 0 Å². The molecule has 1 saturated heterocycles. The lowest BCUT2D eigenvalue weighted by Gasteiger charge is -2.34. The monoisotopic (exact) mass is 279 g/mol. The van der Waals surface area contributed by atoms with Crippen molar-refractivity contribution in [1.82, 2.24) is 10.2 Å². The SMILES string of the molecule is CC1CN(CC(=O)NCCC2=CCCCC2)CCC1N. The second kappa shape index (κ2) is 7.79. The van der Waals surface area contributed by atoms with Crippen LogP contribution in [0.1, 0.15) is 45.4 Å². The van der Waals surface area contributed by atoms with Gasteiger partial charge in [-0.25, -0.2) is 0 Å². The Labute approximate surface area is 122 Å². The van der Waals surface area contributed by atoms with E-state index in [-0.39, 0.29) is 5.91 Å². The molecule has 20 heavy (non-hydrogen) atoms. The quantitative estimate of drug-likeness (QED) is 0.753. The van der Waals surface area contributed by atoms with Gasteiger partial charge in [-0.05, 0) is 44.4 Å². The number of allylic oxidation sites excluding steroid dienone is 1. The maximum absolute atomic E-state index is 11.9. The van der Waals surface area contributed by atoms with E-state index in [0.717, 1.165) is 32.5 Å². The maximum atomic E-state index is 11.9. The Bertz CT molecular complexity index is 354. The second-order valence-electron chi connectivity index (χ2n) is 6.37. The molecule has 0 spiro atoms. The van der Waals surface area contributed by atoms with E-state index in [1.54, 1.807) is 0 Å². The number of hydrogen-bond acceptors (Lipinski definition) is 3. The highest BCUT2D eigenvalue weighted by atomic mass is 16.2. The van der Waals surface area contributed by atoms with Crippen LogP contribution >= 0.6 is 0 Å². The average molecular weight is 279 g/mol. The summed E-state index contributed by atoms with van der Waals surface area (Å²) in [5, 5.41) is 3.05. The summed E-state index contributed by atoms with van der Waals surface area (Å²) in [4.78, 5) is 14.2. The number of likely N-dealkylation sites (tertiary alicyclic amines) is 1. The fourth-order valence-corrected chi connectivity index (χ4v) is 3.15. The van der Waals surface area contributed by atoms with Crippen molar-refractivity contribution >= 4 is 5.91 Å². The fourth-order valence-electron chi connectivity index (χ4n) is 3.15. The highest BCUT2D eigenvalue weighted by Gasteiger charge is 2.24. The van der Waals surface area contributed by atoms with Gasteiger partial charge in [-0.3, -0.25) is 9.69 Å². The Hall–Kier alpha value is -0.870. The van der Waals surface area contributed by atoms with Crippen LogP contribution in [-0.4, -0.2) is 43.0 Å². The van der Waals surface area contributed by atoms with E-state index >= 15 is 0 Å². The average Bonchev–Trinajstić information content (AvgIpc) is 2.44. The number of hydrogen-bond donors (Lipinski definition) is 2. The maximum Gasteiger partial charge on any atom is 0.234 e. The first-order valence-corrected chi connectivity index (χ1v) is 8.07. The molecule has 2 unspecified atom stereocenters. The summed E-state index contributed by atoms with van der Waals surface area (Å²) in [6, 6.07) is 0.299. The molecule has 1 amide bonds. The van der Waals surface area contributed by atoms with Crippen LogP contribution in [0.5, 0.6) is 0 Å². The number of nitrogens with one attached hydrogen (secondary N) is 1. The zero-order chi connectivity index (χ0) is 14.4. The predicted molar refractivity (Wildman–Crippen MR) is 82.4 cm³/mol. The molecular formula is C16H29N3O. The molecule has 1 aliphatic heterocycles. The highest BCUT2D eigenvalue weighted by molar-refractivity contribution is 5.78. The lowest BCUT2D eigenvalue weighted by molar-refractivity contribution is -0.122. The molecule has 3 N–H and O–H groups in total. The van der Waals surface area contributed by atoms with E-state index in [1.807, 2.05) is 0 Å². The summed E-state index contributed by atoms with van der Waals surface area (Å²) in [7, 11) is 0. The minimum absolute atomic E-state index is 0.157. The molecule has 1 fully saturated rings. The number of carbonyl (C=O) groups excluding carboxylic acids is 1. The van der Waals surface area contributed by atoms with Gasteiger partial charge in [-0.15, -0.1) is 0 Å². The van der Waals surface area contributed by atoms with Crippen LogP contribution in [0, 0.1) is 5.92 Å². The van der Waals surface area contributed by atoms with Crippen LogP contribution < -0.4 is 11.1 Å². The molecule has 0 aromatic carbocycles. The molecule has 0 aromatic heterocycles. The second-order valence-corrected chi connectivity index (χ2v) is 6.37. The predicted octanol–water partition coefficient (Wildman–Crippen LogP) is 1.66. The van der Waals surface area contributed by atoms with Gasteiger partial charge in [0.05, 0.1) is 6.54 Å². The zero-order valence-electron chi connectivity index (χ0n) is 12.7. The third-order valence-corrected chi connectivity index (χ3v) is 4.58. The van der Waals surface area contributed by atoms with Crippen molar-refractivity contribution in [3.05, 3.63) is 11.6 Å². The Balaban J connectivity index is 1.61. The number of nitrogens with two attached hydrogens (primary N) is 1. The molecule has 4 heteroatoms. The summed E-state index contributed by atoms with van der Waals surface area (Å²) < 4.78 is 0. The van der Waals surface area contributed by atoms with E-state index in [0.29, 0.717) is 18.5 Å². The standard InChI is InChI=1S/C16H29N3O/c1-13-11-19(10-8-15(13)17)12-16(20)18-9-7-14-5-3-2-4-6-14/h5,13,15H,2-4,6-12,17H2,1H3,(H,18,20). The van der Waals surface area contributed by atoms with Crippen LogP contribution in [0.15, 0.2) is 11.6 Å². The van der Waals surface area contributed by atoms with Crippen molar-refractivity contribution in [3.63, 3.8) is 0 Å². The normalized spacial score (nSPS) is 28.0. The number of carbonyl (C=O) groups is 1. The minimum atomic E-state index is 0.157. The number of amides is 1. The van der Waals surface area contributed by atoms with Gasteiger partial charge in [0.1, 0.15) is 0 Å². The molecule has 0 saturated carbocycles. The van der Waals surface area contributed by atoms with Crippen LogP contribution in [0.4, 0.5) is 0 Å². The lowest BCUT2D eigenvalue weighted by Crippen LogP contribution is -2.49. The van der Waals surface area contributed by atoms with E-state index in [4.69, 9.17) is 5.73 Å². The topological polar surface area (TPSA) is 58.4 Å². The first-order chi connectivity index (χ1) is 9.65. The largest absolute Gasteiger partial charge is 0.355 e. The molecule has 4 nitrogen and oxygen atoms in total. The Morgan fingerprint density at radius 3 is 3.05 bits per heavy atom. The Kier molecular flexibility index (Phi) is 6.05. The molecule has 2 atom stereocenters. The third kappa shape index (κ3) is 4.91. The van der Waals surface area contributed by atoms with Gasteiger partial charge in [0.2, 0.25) is 5.91 Å². The van der Waals surface area contributed by atoms with Gasteiger partial charge < -0.3 is 11.1 Å². The van der Waals surface area contributed by atoms with Crippen molar-refractivity contribution in [2.75, 3.05) is 26.2 Å². The molecule has 1 heterocycles. The van der Waals surface area contributed by atoms with E-state index in [9.17, 15) is 4.79 Å². The molecule has 0 aromatic rings. The summed E-state index contributed by atoms with van der Waals surface area (Å²) in [5.74, 6) is 0.646. The summed E-state index contributed by atoms with van der Waals surface area (Å²) >= 11 is 0. The van der Waals surface area contributed by atoms with Gasteiger partial charge >= 0.3 is 0 Å². The van der Waals surface area contributed by atoms with Gasteiger partial charge in [0, 0.05) is 25.7 Å². The van der Waals surface area contributed by atoms with Crippen molar-refractivity contribution in [2.45, 2.75) is 51.5 Å². The van der Waals surface area contributed by atoms with Crippen molar-refractivity contribution < 1.29 is 4.79 Å². The minimum Gasteiger partial charge on any atom is -0.355 e. The first kappa shape index (κ1) is 15.5. The third-order valence-electron chi connectivity index (χ3n) is 4.58. The molecule has 2 aliphatic rings. The molecular weight excluding hydrogens is 250 g/mol. The Morgan fingerprint density at radius 2 is 2.35 bits per heavy atom. The van der Waals surface area contributed by atoms with Crippen molar-refractivity contribution in [2.24, 2.45) is 11.7 Å². The first-order valence-electron chi connectivity index (χ1n) is 8.07. The summed E-state index contributed by atoms with van der Waals surface area (Å²) in [6.45, 7) is 5.37. The summed E-state index contributed by atoms with van der Waals surface area (Å²) in [6.07, 6.45) is 9.45. The van der Waals surface area contributed by atoms with Crippen LogP contribution in [-0.2, 0) is 4.79 Å². The summed E-state index contributed by atoms with van der Waals surface area (Å²) in [5.41, 5.74) is 7.52. The molecule has 0 bridgehead atoms. The zero-order valence-corrected chi connectivity index (χ0v) is 12.7. The van der Waals surface area contributed by atoms with E-state index in [1.165, 1.54) is 31.3 Å². The smallest absolute Gasteiger partial charge is 0.234 e. The van der Waals surface area contributed by atoms with Crippen LogP contribution in [0.3, 0.4) is 0 Å². The Morgan fingerprint density at radius 1 is 1.50 bits per heavy atom. The molecule has 1 aliphatic carbocycles. The molecule has 0 radical (unpaired) electrons. The van der Waals surface area contributed by atoms with E-state index in [2.05, 4.69) is 23.2 Å². The van der Waals surface area contributed by atoms with Crippen LogP contribution in [0.2, 0.25) is 0 Å². The number of rotatable bonds is 5. The highest BCUT2D eigenvalue weighted by Crippen LogP contribution is 2.19. The van der Waals surface area contributed by atoms with Crippen molar-refractivity contribution in [3.8, 4) is 0 Å². The number of nitrogens with zero attached hydrogens (tertiary/aromatic N) is 1.